The zero-order valence-corrected chi connectivity index (χ0v) is 14.9. The van der Waals surface area contributed by atoms with Crippen molar-refractivity contribution in [1.82, 2.24) is 4.90 Å². The summed E-state index contributed by atoms with van der Waals surface area (Å²) < 4.78 is 6.18. The van der Waals surface area contributed by atoms with Crippen molar-refractivity contribution < 1.29 is 14.6 Å². The number of hydrogen-bond acceptors (Lipinski definition) is 4. The van der Waals surface area contributed by atoms with Gasteiger partial charge in [-0.2, -0.15) is 0 Å². The van der Waals surface area contributed by atoms with Gasteiger partial charge in [-0.05, 0) is 31.2 Å². The van der Waals surface area contributed by atoms with Gasteiger partial charge in [0, 0.05) is 26.9 Å². The molecule has 130 valence electrons. The molecule has 7 heteroatoms. The van der Waals surface area contributed by atoms with E-state index in [4.69, 9.17) is 27.9 Å². The van der Waals surface area contributed by atoms with Gasteiger partial charge in [0.1, 0.15) is 5.72 Å². The number of carbonyl (C=O) groups excluding carboxylic acids is 1. The second kappa shape index (κ2) is 5.69. The average Bonchev–Trinajstić information content (AvgIpc) is 2.74. The molecule has 0 bridgehead atoms. The fourth-order valence-electron chi connectivity index (χ4n) is 3.58. The Bertz CT molecular complexity index is 871. The molecule has 5 nitrogen and oxygen atoms in total. The van der Waals surface area contributed by atoms with E-state index in [0.717, 1.165) is 0 Å². The summed E-state index contributed by atoms with van der Waals surface area (Å²) in [5.74, 6) is -0.247. The first-order chi connectivity index (χ1) is 11.8. The summed E-state index contributed by atoms with van der Waals surface area (Å²) in [5.41, 5.74) is -0.706. The number of anilines is 1. The highest BCUT2D eigenvalue weighted by molar-refractivity contribution is 6.31. The zero-order valence-electron chi connectivity index (χ0n) is 13.4. The second-order valence-corrected chi connectivity index (χ2v) is 7.30. The number of benzene rings is 2. The van der Waals surface area contributed by atoms with Crippen LogP contribution in [0.25, 0.3) is 0 Å². The molecule has 1 fully saturated rings. The molecule has 2 N–H and O–H groups in total. The predicted molar refractivity (Wildman–Crippen MR) is 95.6 cm³/mol. The van der Waals surface area contributed by atoms with Gasteiger partial charge in [-0.25, -0.2) is 4.90 Å². The van der Waals surface area contributed by atoms with Crippen molar-refractivity contribution in [2.75, 3.05) is 18.5 Å². The Morgan fingerprint density at radius 3 is 2.72 bits per heavy atom. The number of nitrogens with one attached hydrogen (secondary N) is 1. The minimum atomic E-state index is -1.35. The van der Waals surface area contributed by atoms with Crippen LogP contribution in [-0.2, 0) is 15.3 Å². The summed E-state index contributed by atoms with van der Waals surface area (Å²) >= 11 is 12.7. The van der Waals surface area contributed by atoms with E-state index >= 15 is 0 Å². The van der Waals surface area contributed by atoms with Crippen LogP contribution in [0.15, 0.2) is 42.5 Å². The van der Waals surface area contributed by atoms with Crippen LogP contribution in [0.5, 0.6) is 0 Å². The average molecular weight is 379 g/mol. The largest absolute Gasteiger partial charge is 0.373 e. The first-order valence-electron chi connectivity index (χ1n) is 7.83. The van der Waals surface area contributed by atoms with Crippen molar-refractivity contribution in [1.29, 1.82) is 0 Å². The molecule has 2 aromatic carbocycles. The Labute approximate surface area is 155 Å². The number of nitrogens with zero attached hydrogens (tertiary/aromatic N) is 1. The fraction of sp³-hybridized carbons (Fsp3) is 0.278. The Balaban J connectivity index is 2.08. The van der Waals surface area contributed by atoms with E-state index in [-0.39, 0.29) is 19.1 Å². The summed E-state index contributed by atoms with van der Waals surface area (Å²) in [6, 6.07) is 12.4. The molecule has 0 radical (unpaired) electrons. The smallest absolute Gasteiger partial charge is 0.238 e. The van der Waals surface area contributed by atoms with Crippen molar-refractivity contribution >= 4 is 34.8 Å². The lowest BCUT2D eigenvalue weighted by Gasteiger charge is -2.40. The van der Waals surface area contributed by atoms with E-state index in [2.05, 4.69) is 5.32 Å². The maximum atomic E-state index is 12.4. The molecule has 2 unspecified atom stereocenters. The molecule has 2 aromatic rings. The first kappa shape index (κ1) is 16.8. The lowest BCUT2D eigenvalue weighted by atomic mass is 9.91. The molecular weight excluding hydrogens is 363 g/mol. The maximum Gasteiger partial charge on any atom is 0.238 e. The summed E-state index contributed by atoms with van der Waals surface area (Å²) in [5, 5.41) is 14.7. The van der Waals surface area contributed by atoms with Gasteiger partial charge >= 0.3 is 0 Å². The van der Waals surface area contributed by atoms with Gasteiger partial charge in [0.25, 0.3) is 0 Å². The van der Waals surface area contributed by atoms with Crippen molar-refractivity contribution in [2.24, 2.45) is 0 Å². The molecule has 2 atom stereocenters. The number of halogens is 2. The fourth-order valence-corrected chi connectivity index (χ4v) is 4.02. The van der Waals surface area contributed by atoms with Crippen molar-refractivity contribution in [3.8, 4) is 0 Å². The Kier molecular flexibility index (Phi) is 3.83. The van der Waals surface area contributed by atoms with Crippen LogP contribution in [0.4, 0.5) is 5.69 Å². The number of carbonyl (C=O) groups is 1. The molecule has 1 saturated heterocycles. The van der Waals surface area contributed by atoms with Gasteiger partial charge in [-0.1, -0.05) is 41.4 Å². The number of hydrogen-bond donors (Lipinski definition) is 2. The van der Waals surface area contributed by atoms with E-state index in [1.165, 1.54) is 0 Å². The summed E-state index contributed by atoms with van der Waals surface area (Å²) in [6.45, 7) is 1.59. The molecule has 25 heavy (non-hydrogen) atoms. The molecule has 4 rings (SSSR count). The van der Waals surface area contributed by atoms with Gasteiger partial charge in [0.05, 0.1) is 13.2 Å². The Morgan fingerprint density at radius 1 is 1.20 bits per heavy atom. The lowest BCUT2D eigenvalue weighted by molar-refractivity contribution is -0.135. The number of fused-ring (bicyclic) bond motifs is 3. The predicted octanol–water partition coefficient (Wildman–Crippen LogP) is 3.19. The third-order valence-electron chi connectivity index (χ3n) is 4.68. The third-order valence-corrected chi connectivity index (χ3v) is 5.24. The number of rotatable bonds is 1. The van der Waals surface area contributed by atoms with Gasteiger partial charge in [0.2, 0.25) is 5.91 Å². The van der Waals surface area contributed by atoms with Gasteiger partial charge in [-0.3, -0.25) is 4.79 Å². The van der Waals surface area contributed by atoms with Gasteiger partial charge in [0.15, 0.2) is 5.72 Å². The van der Waals surface area contributed by atoms with E-state index < -0.39 is 11.4 Å². The topological polar surface area (TPSA) is 61.8 Å². The van der Waals surface area contributed by atoms with Crippen LogP contribution in [0.2, 0.25) is 10.0 Å². The SMILES string of the molecule is CC1(O)COC2(c3ccccc3Cl)c3cc(Cl)ccc3NC(=O)CN12. The standard InChI is InChI=1S/C18H16Cl2N2O3/c1-17(24)10-25-18(12-4-2-3-5-14(12)20)13-8-11(19)6-7-15(13)21-16(23)9-22(17)18/h2-8,24H,9-10H2,1H3,(H,21,23). The zero-order chi connectivity index (χ0) is 17.8. The van der Waals surface area contributed by atoms with E-state index in [0.29, 0.717) is 26.9 Å². The quantitative estimate of drug-likeness (QED) is 0.799. The Hall–Kier alpha value is -1.63. The summed E-state index contributed by atoms with van der Waals surface area (Å²) in [4.78, 5) is 14.1. The van der Waals surface area contributed by atoms with E-state index in [1.54, 1.807) is 36.1 Å². The van der Waals surface area contributed by atoms with Crippen LogP contribution < -0.4 is 5.32 Å². The highest BCUT2D eigenvalue weighted by atomic mass is 35.5. The molecule has 0 spiro atoms. The maximum absolute atomic E-state index is 12.4. The monoisotopic (exact) mass is 378 g/mol. The molecule has 0 saturated carbocycles. The highest BCUT2D eigenvalue weighted by Crippen LogP contribution is 2.51. The van der Waals surface area contributed by atoms with Crippen LogP contribution in [0.3, 0.4) is 0 Å². The number of aliphatic hydroxyl groups is 1. The van der Waals surface area contributed by atoms with Gasteiger partial charge in [-0.15, -0.1) is 0 Å². The number of ether oxygens (including phenoxy) is 1. The van der Waals surface area contributed by atoms with Crippen LogP contribution in [-0.4, -0.2) is 34.8 Å². The number of amides is 1. The summed E-state index contributed by atoms with van der Waals surface area (Å²) in [7, 11) is 0. The van der Waals surface area contributed by atoms with Crippen LogP contribution >= 0.6 is 23.2 Å². The normalized spacial score (nSPS) is 28.9. The molecule has 2 heterocycles. The molecule has 0 aliphatic carbocycles. The molecular formula is C18H16Cl2N2O3. The van der Waals surface area contributed by atoms with Crippen LogP contribution in [0.1, 0.15) is 18.1 Å². The third kappa shape index (κ3) is 2.46. The van der Waals surface area contributed by atoms with Crippen LogP contribution in [0, 0.1) is 0 Å². The molecule has 0 aromatic heterocycles. The second-order valence-electron chi connectivity index (χ2n) is 6.45. The lowest BCUT2D eigenvalue weighted by Crippen LogP contribution is -2.54. The van der Waals surface area contributed by atoms with Gasteiger partial charge < -0.3 is 15.2 Å². The highest BCUT2D eigenvalue weighted by Gasteiger charge is 2.58. The van der Waals surface area contributed by atoms with E-state index in [9.17, 15) is 9.90 Å². The van der Waals surface area contributed by atoms with E-state index in [1.807, 2.05) is 18.2 Å². The molecule has 1 amide bonds. The molecule has 2 aliphatic heterocycles. The molecule has 2 aliphatic rings. The first-order valence-corrected chi connectivity index (χ1v) is 8.59. The minimum absolute atomic E-state index is 0.0253. The Morgan fingerprint density at radius 2 is 1.96 bits per heavy atom. The summed E-state index contributed by atoms with van der Waals surface area (Å²) in [6.07, 6.45) is 0. The van der Waals surface area contributed by atoms with Crippen molar-refractivity contribution in [2.45, 2.75) is 18.4 Å². The van der Waals surface area contributed by atoms with Crippen molar-refractivity contribution in [3.63, 3.8) is 0 Å². The minimum Gasteiger partial charge on any atom is -0.373 e. The van der Waals surface area contributed by atoms with Crippen molar-refractivity contribution in [3.05, 3.63) is 63.6 Å².